The highest BCUT2D eigenvalue weighted by molar-refractivity contribution is 5.92. The van der Waals surface area contributed by atoms with Crippen molar-refractivity contribution in [3.63, 3.8) is 0 Å². The van der Waals surface area contributed by atoms with Crippen molar-refractivity contribution in [2.24, 2.45) is 0 Å². The van der Waals surface area contributed by atoms with Gasteiger partial charge >= 0.3 is 5.97 Å². The Bertz CT molecular complexity index is 625. The lowest BCUT2D eigenvalue weighted by Crippen LogP contribution is -2.37. The minimum atomic E-state index is -0.373. The van der Waals surface area contributed by atoms with Crippen molar-refractivity contribution in [1.29, 1.82) is 0 Å². The average Bonchev–Trinajstić information content (AvgIpc) is 2.99. The number of carbonyl (C=O) groups excluding carboxylic acids is 1. The number of nitrogens with zero attached hydrogens (tertiary/aromatic N) is 2. The van der Waals surface area contributed by atoms with E-state index in [1.807, 2.05) is 12.1 Å². The van der Waals surface area contributed by atoms with Crippen LogP contribution in [0.25, 0.3) is 11.5 Å². The SMILES string of the molecule is COC(=O)c1cc(-c2ncco2)cc(N(C(C)C)C(C)C)c1. The molecule has 0 N–H and O–H groups in total. The molecule has 5 nitrogen and oxygen atoms in total. The van der Waals surface area contributed by atoms with Gasteiger partial charge in [0, 0.05) is 23.3 Å². The van der Waals surface area contributed by atoms with Gasteiger partial charge < -0.3 is 14.1 Å². The van der Waals surface area contributed by atoms with E-state index < -0.39 is 0 Å². The first-order valence-corrected chi connectivity index (χ1v) is 7.35. The molecule has 1 heterocycles. The highest BCUT2D eigenvalue weighted by Gasteiger charge is 2.19. The van der Waals surface area contributed by atoms with E-state index in [9.17, 15) is 4.79 Å². The first kappa shape index (κ1) is 16.1. The first-order chi connectivity index (χ1) is 10.4. The van der Waals surface area contributed by atoms with Crippen LogP contribution in [-0.4, -0.2) is 30.1 Å². The molecule has 0 unspecified atom stereocenters. The van der Waals surface area contributed by atoms with E-state index in [2.05, 4.69) is 37.6 Å². The van der Waals surface area contributed by atoms with Crippen LogP contribution >= 0.6 is 0 Å². The third kappa shape index (κ3) is 3.30. The van der Waals surface area contributed by atoms with Crippen molar-refractivity contribution < 1.29 is 13.9 Å². The number of methoxy groups -OCH3 is 1. The molecule has 0 fully saturated rings. The monoisotopic (exact) mass is 302 g/mol. The van der Waals surface area contributed by atoms with Crippen molar-refractivity contribution in [3.8, 4) is 11.5 Å². The molecule has 0 saturated heterocycles. The highest BCUT2D eigenvalue weighted by Crippen LogP contribution is 2.29. The second-order valence-electron chi connectivity index (χ2n) is 5.69. The maximum absolute atomic E-state index is 12.0. The summed E-state index contributed by atoms with van der Waals surface area (Å²) in [6.07, 6.45) is 3.10. The lowest BCUT2D eigenvalue weighted by molar-refractivity contribution is 0.0601. The number of rotatable bonds is 5. The number of hydrogen-bond acceptors (Lipinski definition) is 5. The largest absolute Gasteiger partial charge is 0.465 e. The quantitative estimate of drug-likeness (QED) is 0.787. The van der Waals surface area contributed by atoms with E-state index in [1.165, 1.54) is 13.4 Å². The molecular weight excluding hydrogens is 280 g/mol. The minimum absolute atomic E-state index is 0.297. The number of hydrogen-bond donors (Lipinski definition) is 0. The van der Waals surface area contributed by atoms with Gasteiger partial charge in [0.1, 0.15) is 6.26 Å². The van der Waals surface area contributed by atoms with Gasteiger partial charge in [-0.1, -0.05) is 0 Å². The standard InChI is InChI=1S/C17H22N2O3/c1-11(2)19(12(3)4)15-9-13(16-18-6-7-22-16)8-14(10-15)17(20)21-5/h6-12H,1-5H3. The van der Waals surface area contributed by atoms with Crippen molar-refractivity contribution in [2.75, 3.05) is 12.0 Å². The molecule has 22 heavy (non-hydrogen) atoms. The second kappa shape index (κ2) is 6.64. The summed E-state index contributed by atoms with van der Waals surface area (Å²) in [5.74, 6) is 0.113. The molecule has 2 aromatic rings. The Morgan fingerprint density at radius 2 is 1.86 bits per heavy atom. The van der Waals surface area contributed by atoms with Crippen LogP contribution in [0.15, 0.2) is 35.1 Å². The van der Waals surface area contributed by atoms with E-state index in [0.29, 0.717) is 23.5 Å². The van der Waals surface area contributed by atoms with Gasteiger partial charge in [0.15, 0.2) is 0 Å². The Kier molecular flexibility index (Phi) is 4.85. The van der Waals surface area contributed by atoms with Crippen LogP contribution in [-0.2, 0) is 4.74 Å². The van der Waals surface area contributed by atoms with Gasteiger partial charge in [-0.2, -0.15) is 0 Å². The molecule has 118 valence electrons. The molecular formula is C17H22N2O3. The molecule has 0 bridgehead atoms. The average molecular weight is 302 g/mol. The predicted octanol–water partition coefficient (Wildman–Crippen LogP) is 3.75. The number of oxazole rings is 1. The van der Waals surface area contributed by atoms with Crippen molar-refractivity contribution in [1.82, 2.24) is 4.98 Å². The van der Waals surface area contributed by atoms with Crippen LogP contribution < -0.4 is 4.90 Å². The zero-order valence-corrected chi connectivity index (χ0v) is 13.7. The Morgan fingerprint density at radius 1 is 1.18 bits per heavy atom. The lowest BCUT2D eigenvalue weighted by Gasteiger charge is -2.33. The van der Waals surface area contributed by atoms with Gasteiger partial charge in [-0.05, 0) is 45.9 Å². The van der Waals surface area contributed by atoms with Crippen molar-refractivity contribution >= 4 is 11.7 Å². The molecule has 0 spiro atoms. The Labute approximate surface area is 130 Å². The van der Waals surface area contributed by atoms with Gasteiger partial charge in [-0.25, -0.2) is 9.78 Å². The molecule has 0 aliphatic rings. The summed E-state index contributed by atoms with van der Waals surface area (Å²) in [5, 5.41) is 0. The molecule has 1 aromatic carbocycles. The third-order valence-electron chi connectivity index (χ3n) is 3.43. The Balaban J connectivity index is 2.58. The summed E-state index contributed by atoms with van der Waals surface area (Å²) in [7, 11) is 1.38. The van der Waals surface area contributed by atoms with Crippen LogP contribution in [0.5, 0.6) is 0 Å². The highest BCUT2D eigenvalue weighted by atomic mass is 16.5. The second-order valence-corrected chi connectivity index (χ2v) is 5.69. The molecule has 0 aliphatic carbocycles. The zero-order chi connectivity index (χ0) is 16.3. The summed E-state index contributed by atoms with van der Waals surface area (Å²) >= 11 is 0. The van der Waals surface area contributed by atoms with E-state index >= 15 is 0 Å². The molecule has 0 atom stereocenters. The molecule has 2 rings (SSSR count). The molecule has 5 heteroatoms. The van der Waals surface area contributed by atoms with Gasteiger partial charge in [0.25, 0.3) is 0 Å². The summed E-state index contributed by atoms with van der Waals surface area (Å²) in [6.45, 7) is 8.48. The van der Waals surface area contributed by atoms with Gasteiger partial charge in [0.05, 0.1) is 18.9 Å². The lowest BCUT2D eigenvalue weighted by atomic mass is 10.1. The topological polar surface area (TPSA) is 55.6 Å². The first-order valence-electron chi connectivity index (χ1n) is 7.35. The molecule has 0 saturated carbocycles. The predicted molar refractivity (Wildman–Crippen MR) is 86.0 cm³/mol. The number of anilines is 1. The van der Waals surface area contributed by atoms with Crippen LogP contribution in [0.4, 0.5) is 5.69 Å². The van der Waals surface area contributed by atoms with E-state index in [1.54, 1.807) is 12.3 Å². The number of aromatic nitrogens is 1. The Morgan fingerprint density at radius 3 is 2.36 bits per heavy atom. The fourth-order valence-electron chi connectivity index (χ4n) is 2.68. The smallest absolute Gasteiger partial charge is 0.337 e. The number of esters is 1. The van der Waals surface area contributed by atoms with E-state index in [-0.39, 0.29) is 5.97 Å². The maximum Gasteiger partial charge on any atom is 0.337 e. The van der Waals surface area contributed by atoms with Gasteiger partial charge in [-0.15, -0.1) is 0 Å². The number of carbonyl (C=O) groups is 1. The molecule has 0 radical (unpaired) electrons. The van der Waals surface area contributed by atoms with Crippen molar-refractivity contribution in [2.45, 2.75) is 39.8 Å². The fourth-order valence-corrected chi connectivity index (χ4v) is 2.68. The summed E-state index contributed by atoms with van der Waals surface area (Å²) in [6, 6.07) is 6.16. The number of ether oxygens (including phenoxy) is 1. The summed E-state index contributed by atoms with van der Waals surface area (Å²) < 4.78 is 10.2. The Hall–Kier alpha value is -2.30. The maximum atomic E-state index is 12.0. The molecule has 0 amide bonds. The van der Waals surface area contributed by atoms with Gasteiger partial charge in [-0.3, -0.25) is 0 Å². The normalized spacial score (nSPS) is 11.0. The van der Waals surface area contributed by atoms with Crippen LogP contribution in [0.3, 0.4) is 0 Å². The fraction of sp³-hybridized carbons (Fsp3) is 0.412. The zero-order valence-electron chi connectivity index (χ0n) is 13.7. The summed E-state index contributed by atoms with van der Waals surface area (Å²) in [5.41, 5.74) is 2.19. The van der Waals surface area contributed by atoms with Crippen molar-refractivity contribution in [3.05, 3.63) is 36.2 Å². The van der Waals surface area contributed by atoms with Crippen LogP contribution in [0, 0.1) is 0 Å². The molecule has 1 aromatic heterocycles. The third-order valence-corrected chi connectivity index (χ3v) is 3.43. The van der Waals surface area contributed by atoms with Crippen LogP contribution in [0.1, 0.15) is 38.1 Å². The van der Waals surface area contributed by atoms with Gasteiger partial charge in [0.2, 0.25) is 5.89 Å². The number of benzene rings is 1. The van der Waals surface area contributed by atoms with E-state index in [0.717, 1.165) is 11.3 Å². The van der Waals surface area contributed by atoms with Crippen LogP contribution in [0.2, 0.25) is 0 Å². The summed E-state index contributed by atoms with van der Waals surface area (Å²) in [4.78, 5) is 18.4. The van der Waals surface area contributed by atoms with E-state index in [4.69, 9.17) is 9.15 Å². The minimum Gasteiger partial charge on any atom is -0.465 e. The molecule has 0 aliphatic heterocycles.